The lowest BCUT2D eigenvalue weighted by atomic mass is 9.84. The molecule has 0 spiro atoms. The number of hydrogen-bond acceptors (Lipinski definition) is 2. The van der Waals surface area contributed by atoms with Crippen molar-refractivity contribution in [1.82, 2.24) is 0 Å². The number of benzene rings is 8. The van der Waals surface area contributed by atoms with Gasteiger partial charge in [0.05, 0.1) is 6.26 Å². The van der Waals surface area contributed by atoms with Crippen LogP contribution in [0.15, 0.2) is 162 Å². The van der Waals surface area contributed by atoms with E-state index in [1.165, 1.54) is 85.7 Å². The van der Waals surface area contributed by atoms with Gasteiger partial charge in [-0.15, -0.1) is 11.3 Å². The summed E-state index contributed by atoms with van der Waals surface area (Å²) in [6.07, 6.45) is 1.91. The molecule has 2 heteroatoms. The highest BCUT2D eigenvalue weighted by molar-refractivity contribution is 7.26. The molecule has 1 nitrogen and oxygen atoms in total. The Labute approximate surface area is 269 Å². The number of hydrogen-bond donors (Lipinski definition) is 0. The minimum absolute atomic E-state index is 0.930. The Morgan fingerprint density at radius 1 is 0.413 bits per heavy atom. The van der Waals surface area contributed by atoms with E-state index in [9.17, 15) is 0 Å². The zero-order valence-electron chi connectivity index (χ0n) is 24.8. The van der Waals surface area contributed by atoms with Gasteiger partial charge in [0.25, 0.3) is 0 Å². The lowest BCUT2D eigenvalue weighted by Gasteiger charge is -2.19. The van der Waals surface area contributed by atoms with Gasteiger partial charge in [-0.05, 0) is 84.4 Å². The molecule has 0 aliphatic carbocycles. The van der Waals surface area contributed by atoms with E-state index < -0.39 is 0 Å². The van der Waals surface area contributed by atoms with E-state index in [0.29, 0.717) is 0 Å². The molecule has 0 unspecified atom stereocenters. The first-order valence-corrected chi connectivity index (χ1v) is 16.5. The summed E-state index contributed by atoms with van der Waals surface area (Å²) in [7, 11) is 0. The average molecular weight is 603 g/mol. The Morgan fingerprint density at radius 2 is 1.07 bits per heavy atom. The van der Waals surface area contributed by atoms with Gasteiger partial charge in [-0.2, -0.15) is 0 Å². The van der Waals surface area contributed by atoms with Crippen LogP contribution < -0.4 is 0 Å². The summed E-state index contributed by atoms with van der Waals surface area (Å²) in [5.74, 6) is 0. The van der Waals surface area contributed by atoms with Crippen molar-refractivity contribution >= 4 is 74.8 Å². The van der Waals surface area contributed by atoms with E-state index in [0.717, 1.165) is 11.1 Å². The van der Waals surface area contributed by atoms with Gasteiger partial charge in [0.2, 0.25) is 0 Å². The Hall–Kier alpha value is -5.70. The molecule has 10 aromatic rings. The number of furan rings is 1. The van der Waals surface area contributed by atoms with Crippen LogP contribution in [0.5, 0.6) is 0 Å². The molecule has 0 aliphatic heterocycles. The van der Waals surface area contributed by atoms with Crippen LogP contribution >= 0.6 is 11.3 Å². The predicted octanol–water partition coefficient (Wildman–Crippen LogP) is 13.3. The third kappa shape index (κ3) is 3.68. The van der Waals surface area contributed by atoms with E-state index in [-0.39, 0.29) is 0 Å². The standard InChI is InChI=1S/C44H26OS/c1-2-11-28(12-3-1)38-26-45-39-23-22-36-37-25-29(21-24-40(37)46-44(36)43(38)39)41-32-16-6-8-18-34(32)42(35-19-9-7-17-33(35)41)31-20-10-14-27-13-4-5-15-30(27)31/h1-26H. The molecule has 46 heavy (non-hydrogen) atoms. The van der Waals surface area contributed by atoms with Gasteiger partial charge in [0, 0.05) is 31.1 Å². The van der Waals surface area contributed by atoms with Crippen molar-refractivity contribution in [3.8, 4) is 33.4 Å². The number of thiophene rings is 1. The third-order valence-corrected chi connectivity index (χ3v) is 10.7. The summed E-state index contributed by atoms with van der Waals surface area (Å²) >= 11 is 1.86. The van der Waals surface area contributed by atoms with Gasteiger partial charge < -0.3 is 4.42 Å². The number of fused-ring (bicyclic) bond motifs is 8. The summed E-state index contributed by atoms with van der Waals surface area (Å²) in [6.45, 7) is 0. The smallest absolute Gasteiger partial charge is 0.135 e. The molecule has 0 saturated heterocycles. The van der Waals surface area contributed by atoms with Gasteiger partial charge in [0.1, 0.15) is 5.58 Å². The molecule has 214 valence electrons. The SMILES string of the molecule is c1ccc(-c2coc3ccc4c5cc(-c6c7ccccc7c(-c7cccc8ccccc78)c7ccccc67)ccc5sc4c23)cc1. The van der Waals surface area contributed by atoms with E-state index in [2.05, 4.69) is 152 Å². The number of rotatable bonds is 3. The van der Waals surface area contributed by atoms with Gasteiger partial charge in [0.15, 0.2) is 0 Å². The normalized spacial score (nSPS) is 11.9. The summed E-state index contributed by atoms with van der Waals surface area (Å²) in [5.41, 5.74) is 8.34. The molecule has 0 fully saturated rings. The molecule has 0 bridgehead atoms. The van der Waals surface area contributed by atoms with E-state index in [1.54, 1.807) is 0 Å². The quantitative estimate of drug-likeness (QED) is 0.183. The van der Waals surface area contributed by atoms with Crippen LogP contribution in [-0.2, 0) is 0 Å². The Bertz CT molecular complexity index is 2740. The first-order chi connectivity index (χ1) is 22.8. The summed E-state index contributed by atoms with van der Waals surface area (Å²) in [6, 6.07) is 55.2. The van der Waals surface area contributed by atoms with Crippen LogP contribution in [0.3, 0.4) is 0 Å². The predicted molar refractivity (Wildman–Crippen MR) is 198 cm³/mol. The molecule has 0 radical (unpaired) electrons. The fourth-order valence-corrected chi connectivity index (χ4v) is 8.75. The second-order valence-electron chi connectivity index (χ2n) is 12.0. The van der Waals surface area contributed by atoms with Gasteiger partial charge in [-0.3, -0.25) is 0 Å². The summed E-state index contributed by atoms with van der Waals surface area (Å²) in [4.78, 5) is 0. The van der Waals surface area contributed by atoms with Crippen molar-refractivity contribution < 1.29 is 4.42 Å². The summed E-state index contributed by atoms with van der Waals surface area (Å²) in [5, 5.41) is 11.4. The van der Waals surface area contributed by atoms with Crippen LogP contribution in [0.2, 0.25) is 0 Å². The fraction of sp³-hybridized carbons (Fsp3) is 0. The maximum atomic E-state index is 6.08. The molecule has 2 heterocycles. The van der Waals surface area contributed by atoms with Crippen molar-refractivity contribution in [1.29, 1.82) is 0 Å². The molecule has 10 rings (SSSR count). The molecule has 0 atom stereocenters. The monoisotopic (exact) mass is 602 g/mol. The lowest BCUT2D eigenvalue weighted by molar-refractivity contribution is 0.617. The highest BCUT2D eigenvalue weighted by atomic mass is 32.1. The van der Waals surface area contributed by atoms with Crippen molar-refractivity contribution in [3.63, 3.8) is 0 Å². The maximum Gasteiger partial charge on any atom is 0.135 e. The highest BCUT2D eigenvalue weighted by Crippen LogP contribution is 2.48. The van der Waals surface area contributed by atoms with Crippen LogP contribution in [0.4, 0.5) is 0 Å². The zero-order chi connectivity index (χ0) is 30.2. The molecule has 0 N–H and O–H groups in total. The van der Waals surface area contributed by atoms with Gasteiger partial charge >= 0.3 is 0 Å². The Balaban J connectivity index is 1.27. The molecule has 8 aromatic carbocycles. The molecular formula is C44H26OS. The van der Waals surface area contributed by atoms with E-state index >= 15 is 0 Å². The van der Waals surface area contributed by atoms with Crippen molar-refractivity contribution in [2.24, 2.45) is 0 Å². The van der Waals surface area contributed by atoms with Crippen LogP contribution in [0.25, 0.3) is 96.8 Å². The minimum Gasteiger partial charge on any atom is -0.464 e. The minimum atomic E-state index is 0.930. The molecular weight excluding hydrogens is 577 g/mol. The second-order valence-corrected chi connectivity index (χ2v) is 13.1. The topological polar surface area (TPSA) is 13.1 Å². The third-order valence-electron chi connectivity index (χ3n) is 9.54. The maximum absolute atomic E-state index is 6.08. The lowest BCUT2D eigenvalue weighted by Crippen LogP contribution is -1.91. The summed E-state index contributed by atoms with van der Waals surface area (Å²) < 4.78 is 8.64. The first-order valence-electron chi connectivity index (χ1n) is 15.7. The van der Waals surface area contributed by atoms with Crippen LogP contribution in [0.1, 0.15) is 0 Å². The fourth-order valence-electron chi connectivity index (χ4n) is 7.52. The Morgan fingerprint density at radius 3 is 1.83 bits per heavy atom. The average Bonchev–Trinajstić information content (AvgIpc) is 3.72. The molecule has 0 amide bonds. The van der Waals surface area contributed by atoms with Crippen molar-refractivity contribution in [2.75, 3.05) is 0 Å². The molecule has 0 aliphatic rings. The van der Waals surface area contributed by atoms with Crippen LogP contribution in [-0.4, -0.2) is 0 Å². The van der Waals surface area contributed by atoms with Crippen LogP contribution in [0, 0.1) is 0 Å². The molecule has 2 aromatic heterocycles. The van der Waals surface area contributed by atoms with Crippen molar-refractivity contribution in [2.45, 2.75) is 0 Å². The second kappa shape index (κ2) is 9.90. The van der Waals surface area contributed by atoms with Gasteiger partial charge in [-0.1, -0.05) is 127 Å². The first kappa shape index (κ1) is 25.6. The largest absolute Gasteiger partial charge is 0.464 e. The van der Waals surface area contributed by atoms with E-state index in [1.807, 2.05) is 17.6 Å². The Kier molecular flexibility index (Phi) is 5.51. The highest BCUT2D eigenvalue weighted by Gasteiger charge is 2.20. The van der Waals surface area contributed by atoms with Gasteiger partial charge in [-0.25, -0.2) is 0 Å². The molecule has 0 saturated carbocycles. The zero-order valence-corrected chi connectivity index (χ0v) is 25.6. The van der Waals surface area contributed by atoms with Crippen molar-refractivity contribution in [3.05, 3.63) is 158 Å². The van der Waals surface area contributed by atoms with E-state index in [4.69, 9.17) is 4.42 Å².